The zero-order valence-corrected chi connectivity index (χ0v) is 10.6. The Bertz CT molecular complexity index is 419. The van der Waals surface area contributed by atoms with Crippen LogP contribution in [-0.2, 0) is 0 Å². The van der Waals surface area contributed by atoms with E-state index in [-0.39, 0.29) is 16.8 Å². The van der Waals surface area contributed by atoms with Crippen molar-refractivity contribution in [1.29, 1.82) is 0 Å². The van der Waals surface area contributed by atoms with Gasteiger partial charge in [-0.05, 0) is 25.0 Å². The molecule has 0 aliphatic rings. The molecule has 6 heteroatoms. The molecule has 0 aromatic heterocycles. The van der Waals surface area contributed by atoms with Crippen molar-refractivity contribution >= 4 is 23.0 Å². The number of nitro groups is 1. The van der Waals surface area contributed by atoms with E-state index in [1.165, 1.54) is 6.07 Å². The van der Waals surface area contributed by atoms with Gasteiger partial charge in [-0.3, -0.25) is 10.1 Å². The Morgan fingerprint density at radius 3 is 2.71 bits per heavy atom. The molecule has 0 saturated carbocycles. The van der Waals surface area contributed by atoms with E-state index in [2.05, 4.69) is 5.32 Å². The number of anilines is 1. The van der Waals surface area contributed by atoms with Gasteiger partial charge in [0.05, 0.1) is 4.92 Å². The summed E-state index contributed by atoms with van der Waals surface area (Å²) in [4.78, 5) is 10.2. The maximum atomic E-state index is 10.7. The van der Waals surface area contributed by atoms with E-state index in [0.29, 0.717) is 6.54 Å². The van der Waals surface area contributed by atoms with Crippen LogP contribution in [0, 0.1) is 17.0 Å². The van der Waals surface area contributed by atoms with Gasteiger partial charge in [0.1, 0.15) is 5.02 Å². The van der Waals surface area contributed by atoms with Gasteiger partial charge in [0, 0.05) is 24.3 Å². The molecule has 5 nitrogen and oxygen atoms in total. The standard InChI is InChI=1S/C11H16ClN3O2/c1-3-8(6-13)14-10-5-9(12)11(15(16)17)4-7(10)2/h4-5,8,14H,3,6,13H2,1-2H3. The Balaban J connectivity index is 3.03. The topological polar surface area (TPSA) is 81.2 Å². The van der Waals surface area contributed by atoms with Gasteiger partial charge in [-0.1, -0.05) is 18.5 Å². The van der Waals surface area contributed by atoms with E-state index in [1.54, 1.807) is 13.0 Å². The van der Waals surface area contributed by atoms with E-state index in [4.69, 9.17) is 17.3 Å². The summed E-state index contributed by atoms with van der Waals surface area (Å²) in [6.07, 6.45) is 0.880. The maximum absolute atomic E-state index is 10.7. The predicted octanol–water partition coefficient (Wildman–Crippen LogP) is 2.71. The van der Waals surface area contributed by atoms with Crippen LogP contribution in [0.5, 0.6) is 0 Å². The molecule has 0 amide bonds. The van der Waals surface area contributed by atoms with Crippen LogP contribution in [-0.4, -0.2) is 17.5 Å². The van der Waals surface area contributed by atoms with Gasteiger partial charge in [-0.25, -0.2) is 0 Å². The Labute approximate surface area is 105 Å². The van der Waals surface area contributed by atoms with Gasteiger partial charge >= 0.3 is 0 Å². The first-order valence-corrected chi connectivity index (χ1v) is 5.78. The summed E-state index contributed by atoms with van der Waals surface area (Å²) in [7, 11) is 0. The maximum Gasteiger partial charge on any atom is 0.288 e. The lowest BCUT2D eigenvalue weighted by Gasteiger charge is -2.18. The fourth-order valence-electron chi connectivity index (χ4n) is 1.51. The number of hydrogen-bond donors (Lipinski definition) is 2. The van der Waals surface area contributed by atoms with Gasteiger partial charge in [-0.2, -0.15) is 0 Å². The molecule has 0 fully saturated rings. The van der Waals surface area contributed by atoms with E-state index < -0.39 is 4.92 Å². The van der Waals surface area contributed by atoms with Crippen LogP contribution in [0.1, 0.15) is 18.9 Å². The molecule has 1 rings (SSSR count). The molecule has 0 spiro atoms. The van der Waals surface area contributed by atoms with Crippen LogP contribution in [0.3, 0.4) is 0 Å². The monoisotopic (exact) mass is 257 g/mol. The first-order valence-electron chi connectivity index (χ1n) is 5.40. The molecule has 1 unspecified atom stereocenters. The van der Waals surface area contributed by atoms with Crippen molar-refractivity contribution in [3.05, 3.63) is 32.8 Å². The summed E-state index contributed by atoms with van der Waals surface area (Å²) in [6, 6.07) is 3.19. The molecular formula is C11H16ClN3O2. The molecule has 1 aromatic carbocycles. The zero-order chi connectivity index (χ0) is 13.0. The van der Waals surface area contributed by atoms with Crippen molar-refractivity contribution in [3.63, 3.8) is 0 Å². The second-order valence-corrected chi connectivity index (χ2v) is 4.27. The van der Waals surface area contributed by atoms with Crippen molar-refractivity contribution in [2.24, 2.45) is 5.73 Å². The lowest BCUT2D eigenvalue weighted by atomic mass is 10.1. The molecule has 0 aliphatic carbocycles. The fourth-order valence-corrected chi connectivity index (χ4v) is 1.74. The minimum Gasteiger partial charge on any atom is -0.381 e. The summed E-state index contributed by atoms with van der Waals surface area (Å²) in [5, 5.41) is 14.1. The highest BCUT2D eigenvalue weighted by Crippen LogP contribution is 2.30. The molecule has 1 aromatic rings. The zero-order valence-electron chi connectivity index (χ0n) is 9.87. The van der Waals surface area contributed by atoms with Crippen molar-refractivity contribution in [3.8, 4) is 0 Å². The Kier molecular flexibility index (Phi) is 4.72. The third-order valence-corrected chi connectivity index (χ3v) is 2.93. The smallest absolute Gasteiger partial charge is 0.288 e. The number of rotatable bonds is 5. The van der Waals surface area contributed by atoms with E-state index in [0.717, 1.165) is 17.7 Å². The molecule has 94 valence electrons. The van der Waals surface area contributed by atoms with E-state index in [1.807, 2.05) is 6.92 Å². The lowest BCUT2D eigenvalue weighted by Crippen LogP contribution is -2.28. The van der Waals surface area contributed by atoms with Crippen LogP contribution in [0.2, 0.25) is 5.02 Å². The number of aryl methyl sites for hydroxylation is 1. The molecule has 0 aliphatic heterocycles. The minimum atomic E-state index is -0.487. The number of nitro benzene ring substituents is 1. The second-order valence-electron chi connectivity index (χ2n) is 3.86. The van der Waals surface area contributed by atoms with Crippen LogP contribution in [0.25, 0.3) is 0 Å². The fraction of sp³-hybridized carbons (Fsp3) is 0.455. The molecule has 0 radical (unpaired) electrons. The highest BCUT2D eigenvalue weighted by molar-refractivity contribution is 6.33. The third kappa shape index (κ3) is 3.31. The van der Waals surface area contributed by atoms with Crippen molar-refractivity contribution in [1.82, 2.24) is 0 Å². The number of nitrogens with two attached hydrogens (primary N) is 1. The van der Waals surface area contributed by atoms with Gasteiger partial charge in [0.2, 0.25) is 0 Å². The SMILES string of the molecule is CCC(CN)Nc1cc(Cl)c([N+](=O)[O-])cc1C. The lowest BCUT2D eigenvalue weighted by molar-refractivity contribution is -0.384. The summed E-state index contributed by atoms with van der Waals surface area (Å²) in [5.74, 6) is 0. The van der Waals surface area contributed by atoms with Crippen LogP contribution >= 0.6 is 11.6 Å². The highest BCUT2D eigenvalue weighted by atomic mass is 35.5. The van der Waals surface area contributed by atoms with Gasteiger partial charge in [0.15, 0.2) is 0 Å². The largest absolute Gasteiger partial charge is 0.381 e. The summed E-state index contributed by atoms with van der Waals surface area (Å²) in [5.41, 5.74) is 7.09. The average Bonchev–Trinajstić information content (AvgIpc) is 2.29. The Morgan fingerprint density at radius 2 is 2.24 bits per heavy atom. The number of hydrogen-bond acceptors (Lipinski definition) is 4. The van der Waals surface area contributed by atoms with Gasteiger partial charge < -0.3 is 11.1 Å². The minimum absolute atomic E-state index is 0.0736. The number of benzene rings is 1. The van der Waals surface area contributed by atoms with Crippen molar-refractivity contribution in [2.75, 3.05) is 11.9 Å². The molecule has 1 atom stereocenters. The average molecular weight is 258 g/mol. The molecule has 0 saturated heterocycles. The summed E-state index contributed by atoms with van der Waals surface area (Å²) < 4.78 is 0. The van der Waals surface area contributed by atoms with E-state index >= 15 is 0 Å². The highest BCUT2D eigenvalue weighted by Gasteiger charge is 2.16. The van der Waals surface area contributed by atoms with Crippen molar-refractivity contribution < 1.29 is 4.92 Å². The second kappa shape index (κ2) is 5.84. The molecule has 0 heterocycles. The van der Waals surface area contributed by atoms with Gasteiger partial charge in [-0.15, -0.1) is 0 Å². The number of nitrogens with zero attached hydrogens (tertiary/aromatic N) is 1. The predicted molar refractivity (Wildman–Crippen MR) is 69.6 cm³/mol. The molecular weight excluding hydrogens is 242 g/mol. The Morgan fingerprint density at radius 1 is 1.59 bits per heavy atom. The van der Waals surface area contributed by atoms with Gasteiger partial charge in [0.25, 0.3) is 5.69 Å². The van der Waals surface area contributed by atoms with Crippen LogP contribution < -0.4 is 11.1 Å². The van der Waals surface area contributed by atoms with E-state index in [9.17, 15) is 10.1 Å². The first-order chi connectivity index (χ1) is 7.99. The quantitative estimate of drug-likeness (QED) is 0.628. The summed E-state index contributed by atoms with van der Waals surface area (Å²) >= 11 is 5.85. The van der Waals surface area contributed by atoms with Crippen molar-refractivity contribution in [2.45, 2.75) is 26.3 Å². The van der Waals surface area contributed by atoms with Crippen LogP contribution in [0.15, 0.2) is 12.1 Å². The number of halogens is 1. The summed E-state index contributed by atoms with van der Waals surface area (Å²) in [6.45, 7) is 4.33. The molecule has 0 bridgehead atoms. The number of nitrogens with one attached hydrogen (secondary N) is 1. The third-order valence-electron chi connectivity index (χ3n) is 2.63. The first kappa shape index (κ1) is 13.7. The normalized spacial score (nSPS) is 12.2. The molecule has 17 heavy (non-hydrogen) atoms. The Hall–Kier alpha value is -1.33. The molecule has 3 N–H and O–H groups in total. The van der Waals surface area contributed by atoms with Crippen LogP contribution in [0.4, 0.5) is 11.4 Å².